The molecular formula is C9H15N3O4. The van der Waals surface area contributed by atoms with Gasteiger partial charge in [-0.25, -0.2) is 10.3 Å². The summed E-state index contributed by atoms with van der Waals surface area (Å²) < 4.78 is 0. The highest BCUT2D eigenvalue weighted by Crippen LogP contribution is 2.04. The van der Waals surface area contributed by atoms with Crippen molar-refractivity contribution < 1.29 is 19.2 Å². The summed E-state index contributed by atoms with van der Waals surface area (Å²) in [4.78, 5) is 39.4. The molecule has 1 aliphatic rings. The first-order valence-corrected chi connectivity index (χ1v) is 4.84. The second-order valence-corrected chi connectivity index (χ2v) is 4.38. The summed E-state index contributed by atoms with van der Waals surface area (Å²) in [5, 5.41) is 2.31. The molecule has 0 radical (unpaired) electrons. The van der Waals surface area contributed by atoms with Gasteiger partial charge in [-0.05, 0) is 20.8 Å². The zero-order valence-electron chi connectivity index (χ0n) is 9.49. The van der Waals surface area contributed by atoms with E-state index in [0.717, 1.165) is 4.90 Å². The van der Waals surface area contributed by atoms with Gasteiger partial charge >= 0.3 is 6.03 Å². The van der Waals surface area contributed by atoms with E-state index in [1.54, 1.807) is 20.8 Å². The van der Waals surface area contributed by atoms with Gasteiger partial charge in [-0.15, -0.1) is 0 Å². The number of hydroxylamine groups is 1. The van der Waals surface area contributed by atoms with E-state index in [1.807, 2.05) is 0 Å². The van der Waals surface area contributed by atoms with Crippen LogP contribution in [0.25, 0.3) is 0 Å². The molecule has 1 aliphatic heterocycles. The number of amides is 4. The fraction of sp³-hybridized carbons (Fsp3) is 0.667. The lowest BCUT2D eigenvalue weighted by Crippen LogP contribution is -2.43. The predicted molar refractivity (Wildman–Crippen MR) is 54.1 cm³/mol. The van der Waals surface area contributed by atoms with Gasteiger partial charge in [0, 0.05) is 0 Å². The number of hydrogen-bond acceptors (Lipinski definition) is 4. The third kappa shape index (κ3) is 3.50. The minimum absolute atomic E-state index is 0.0633. The van der Waals surface area contributed by atoms with Gasteiger partial charge in [0.25, 0.3) is 11.8 Å². The van der Waals surface area contributed by atoms with Crippen LogP contribution in [0, 0.1) is 0 Å². The number of nitrogens with zero attached hydrogens (tertiary/aromatic N) is 1. The Morgan fingerprint density at radius 3 is 2.56 bits per heavy atom. The molecule has 0 aromatic heterocycles. The van der Waals surface area contributed by atoms with E-state index in [0.29, 0.717) is 0 Å². The molecule has 0 aromatic rings. The van der Waals surface area contributed by atoms with E-state index in [9.17, 15) is 14.4 Å². The third-order valence-corrected chi connectivity index (χ3v) is 1.71. The lowest BCUT2D eigenvalue weighted by Gasteiger charge is -2.20. The fourth-order valence-corrected chi connectivity index (χ4v) is 1.00. The van der Waals surface area contributed by atoms with Crippen LogP contribution in [0.5, 0.6) is 0 Å². The average molecular weight is 229 g/mol. The molecule has 0 saturated carbocycles. The second kappa shape index (κ2) is 4.48. The molecule has 4 amide bonds. The maximum absolute atomic E-state index is 11.3. The smallest absolute Gasteiger partial charge is 0.325 e. The highest BCUT2D eigenvalue weighted by Gasteiger charge is 2.30. The SMILES string of the molecule is CC(C)(C)ONC(=O)CN1C(=O)CNC1=O. The fourth-order valence-electron chi connectivity index (χ4n) is 1.00. The maximum Gasteiger partial charge on any atom is 0.325 e. The molecular weight excluding hydrogens is 214 g/mol. The Balaban J connectivity index is 2.40. The molecule has 0 atom stereocenters. The van der Waals surface area contributed by atoms with Crippen LogP contribution in [0.2, 0.25) is 0 Å². The Labute approximate surface area is 93.1 Å². The van der Waals surface area contributed by atoms with Crippen molar-refractivity contribution in [3.8, 4) is 0 Å². The number of carbonyl (C=O) groups excluding carboxylic acids is 3. The summed E-state index contributed by atoms with van der Waals surface area (Å²) in [5.41, 5.74) is 1.66. The molecule has 0 aliphatic carbocycles. The molecule has 1 fully saturated rings. The van der Waals surface area contributed by atoms with Gasteiger partial charge < -0.3 is 5.32 Å². The number of nitrogens with one attached hydrogen (secondary N) is 2. The zero-order chi connectivity index (χ0) is 12.3. The molecule has 0 spiro atoms. The standard InChI is InChI=1S/C9H15N3O4/c1-9(2,3)16-11-6(13)5-12-7(14)4-10-8(12)15/h4-5H2,1-3H3,(H,10,15)(H,11,13). The largest absolute Gasteiger partial charge is 0.329 e. The molecule has 1 saturated heterocycles. The minimum atomic E-state index is -0.559. The van der Waals surface area contributed by atoms with Crippen molar-refractivity contribution in [3.05, 3.63) is 0 Å². The number of urea groups is 1. The van der Waals surface area contributed by atoms with Crippen molar-refractivity contribution in [1.29, 1.82) is 0 Å². The highest BCUT2D eigenvalue weighted by molar-refractivity contribution is 6.04. The molecule has 7 heteroatoms. The Bertz CT molecular complexity index is 305. The molecule has 0 unspecified atom stereocenters. The van der Waals surface area contributed by atoms with Gasteiger partial charge in [-0.3, -0.25) is 19.3 Å². The molecule has 2 N–H and O–H groups in total. The van der Waals surface area contributed by atoms with Gasteiger partial charge in [0.2, 0.25) is 0 Å². The molecule has 1 rings (SSSR count). The zero-order valence-corrected chi connectivity index (χ0v) is 9.49. The molecule has 0 aromatic carbocycles. The van der Waals surface area contributed by atoms with Crippen molar-refractivity contribution in [1.82, 2.24) is 15.7 Å². The Morgan fingerprint density at radius 2 is 2.12 bits per heavy atom. The van der Waals surface area contributed by atoms with E-state index in [2.05, 4.69) is 10.8 Å². The van der Waals surface area contributed by atoms with E-state index in [-0.39, 0.29) is 13.1 Å². The van der Waals surface area contributed by atoms with Crippen LogP contribution < -0.4 is 10.8 Å². The maximum atomic E-state index is 11.3. The Kier molecular flexibility index (Phi) is 3.48. The lowest BCUT2D eigenvalue weighted by atomic mass is 10.2. The molecule has 16 heavy (non-hydrogen) atoms. The lowest BCUT2D eigenvalue weighted by molar-refractivity contribution is -0.147. The third-order valence-electron chi connectivity index (χ3n) is 1.71. The minimum Gasteiger partial charge on any atom is -0.329 e. The van der Waals surface area contributed by atoms with Crippen LogP contribution in [0.1, 0.15) is 20.8 Å². The van der Waals surface area contributed by atoms with Gasteiger partial charge in [-0.1, -0.05) is 0 Å². The molecule has 90 valence electrons. The summed E-state index contributed by atoms with van der Waals surface area (Å²) in [7, 11) is 0. The first-order chi connectivity index (χ1) is 7.29. The van der Waals surface area contributed by atoms with Gasteiger partial charge in [-0.2, -0.15) is 0 Å². The van der Waals surface area contributed by atoms with Crippen LogP contribution >= 0.6 is 0 Å². The number of hydrogen-bond donors (Lipinski definition) is 2. The van der Waals surface area contributed by atoms with Crippen molar-refractivity contribution in [3.63, 3.8) is 0 Å². The van der Waals surface area contributed by atoms with Crippen molar-refractivity contribution >= 4 is 17.8 Å². The summed E-state index contributed by atoms with van der Waals surface area (Å²) in [6.45, 7) is 4.90. The molecule has 1 heterocycles. The predicted octanol–water partition coefficient (Wildman–Crippen LogP) is -0.615. The number of rotatable bonds is 3. The summed E-state index contributed by atoms with van der Waals surface area (Å²) in [5.74, 6) is -0.962. The van der Waals surface area contributed by atoms with E-state index in [1.165, 1.54) is 0 Å². The normalized spacial score (nSPS) is 16.3. The average Bonchev–Trinajstić information content (AvgIpc) is 2.45. The highest BCUT2D eigenvalue weighted by atomic mass is 16.7. The van der Waals surface area contributed by atoms with Crippen LogP contribution in [-0.4, -0.2) is 41.4 Å². The van der Waals surface area contributed by atoms with Crippen LogP contribution in [0.4, 0.5) is 4.79 Å². The topological polar surface area (TPSA) is 87.7 Å². The van der Waals surface area contributed by atoms with Crippen molar-refractivity contribution in [2.24, 2.45) is 0 Å². The van der Waals surface area contributed by atoms with Crippen LogP contribution in [0.3, 0.4) is 0 Å². The quantitative estimate of drug-likeness (QED) is 0.499. The summed E-state index contributed by atoms with van der Waals surface area (Å²) >= 11 is 0. The van der Waals surface area contributed by atoms with Gasteiger partial charge in [0.1, 0.15) is 6.54 Å². The first kappa shape index (κ1) is 12.4. The van der Waals surface area contributed by atoms with Crippen LogP contribution in [-0.2, 0) is 14.4 Å². The first-order valence-electron chi connectivity index (χ1n) is 4.84. The van der Waals surface area contributed by atoms with Crippen molar-refractivity contribution in [2.75, 3.05) is 13.1 Å². The summed E-state index contributed by atoms with van der Waals surface area (Å²) in [6, 6.07) is -0.559. The molecule has 7 nitrogen and oxygen atoms in total. The molecule has 0 bridgehead atoms. The van der Waals surface area contributed by atoms with Gasteiger partial charge in [0.15, 0.2) is 0 Å². The van der Waals surface area contributed by atoms with Crippen LogP contribution in [0.15, 0.2) is 0 Å². The Morgan fingerprint density at radius 1 is 1.50 bits per heavy atom. The van der Waals surface area contributed by atoms with E-state index >= 15 is 0 Å². The number of carbonyl (C=O) groups is 3. The van der Waals surface area contributed by atoms with Gasteiger partial charge in [0.05, 0.1) is 12.1 Å². The summed E-state index contributed by atoms with van der Waals surface area (Å²) in [6.07, 6.45) is 0. The number of imide groups is 1. The monoisotopic (exact) mass is 229 g/mol. The van der Waals surface area contributed by atoms with E-state index in [4.69, 9.17) is 4.84 Å². The van der Waals surface area contributed by atoms with Crippen molar-refractivity contribution in [2.45, 2.75) is 26.4 Å². The van der Waals surface area contributed by atoms with E-state index < -0.39 is 23.4 Å². The second-order valence-electron chi connectivity index (χ2n) is 4.38. The Hall–Kier alpha value is -1.63.